The van der Waals surface area contributed by atoms with E-state index in [2.05, 4.69) is 0 Å². The van der Waals surface area contributed by atoms with Gasteiger partial charge in [0.15, 0.2) is 0 Å². The van der Waals surface area contributed by atoms with Gasteiger partial charge in [-0.3, -0.25) is 0 Å². The average molecular weight is 123 g/mol. The van der Waals surface area contributed by atoms with Crippen LogP contribution in [-0.4, -0.2) is 0 Å². The molecule has 1 aliphatic carbocycles. The fourth-order valence-electron chi connectivity index (χ4n) is 0.709. The van der Waals surface area contributed by atoms with E-state index in [1.165, 1.54) is 0 Å². The summed E-state index contributed by atoms with van der Waals surface area (Å²) in [7, 11) is 0. The number of hydrogen-bond donors (Lipinski definition) is 0. The number of rotatable bonds is 0. The molecule has 0 heteroatoms. The van der Waals surface area contributed by atoms with Gasteiger partial charge in [0, 0.05) is 2.74 Å². The zero-order valence-electron chi connectivity index (χ0n) is 11.6. The minimum atomic E-state index is -2.13. The lowest BCUT2D eigenvalue weighted by Gasteiger charge is -1.93. The maximum absolute atomic E-state index is 7.64. The highest BCUT2D eigenvalue weighted by atomic mass is 14.0. The highest BCUT2D eigenvalue weighted by Crippen LogP contribution is 2.17. The first-order valence-corrected chi connectivity index (χ1v) is 2.58. The highest BCUT2D eigenvalue weighted by molar-refractivity contribution is 5.59. The third-order valence-corrected chi connectivity index (χ3v) is 1.13. The van der Waals surface area contributed by atoms with Crippen LogP contribution in [0.25, 0.3) is 6.08 Å². The molecule has 1 aromatic rings. The van der Waals surface area contributed by atoms with Crippen LogP contribution in [-0.2, 0) is 6.37 Å². The van der Waals surface area contributed by atoms with Gasteiger partial charge in [-0.15, -0.1) is 0 Å². The van der Waals surface area contributed by atoms with Crippen molar-refractivity contribution >= 4 is 6.08 Å². The van der Waals surface area contributed by atoms with Crippen LogP contribution in [0.3, 0.4) is 0 Å². The molecule has 1 aromatic carbocycles. The van der Waals surface area contributed by atoms with E-state index < -0.39 is 24.5 Å². The first kappa shape index (κ1) is 1.51. The predicted molar refractivity (Wildman–Crippen MR) is 39.2 cm³/mol. The van der Waals surface area contributed by atoms with E-state index in [9.17, 15) is 0 Å². The molecule has 1 aliphatic rings. The summed E-state index contributed by atoms with van der Waals surface area (Å²) in [5, 5.41) is 0. The molecule has 0 nitrogen and oxygen atoms in total. The summed E-state index contributed by atoms with van der Waals surface area (Å²) < 4.78 is 52.8. The minimum absolute atomic E-state index is 0.0843. The zero-order chi connectivity index (χ0) is 12.2. The lowest BCUT2D eigenvalue weighted by Crippen LogP contribution is -1.76. The van der Waals surface area contributed by atoms with Gasteiger partial charge in [0.05, 0.1) is 6.85 Å². The van der Waals surface area contributed by atoms with Gasteiger partial charge < -0.3 is 0 Å². The van der Waals surface area contributed by atoms with Crippen LogP contribution in [0.15, 0.2) is 30.2 Å². The minimum Gasteiger partial charge on any atom is -0.0795 e. The Morgan fingerprint density at radius 3 is 3.33 bits per heavy atom. The number of hydrogen-bond acceptors (Lipinski definition) is 0. The van der Waals surface area contributed by atoms with Gasteiger partial charge in [-0.2, -0.15) is 0 Å². The number of fused-ring (bicyclic) bond motifs is 1. The summed E-state index contributed by atoms with van der Waals surface area (Å²) in [6.45, 7) is 0. The second-order valence-corrected chi connectivity index (χ2v) is 1.70. The maximum Gasteiger partial charge on any atom is 0.0629 e. The molecular formula is C9H8. The molecule has 2 rings (SSSR count). The molecule has 0 bridgehead atoms. The smallest absolute Gasteiger partial charge is 0.0629 e. The van der Waals surface area contributed by atoms with Gasteiger partial charge in [-0.1, -0.05) is 36.3 Å². The van der Waals surface area contributed by atoms with Gasteiger partial charge in [0.2, 0.25) is 0 Å². The molecule has 0 amide bonds. The summed E-state index contributed by atoms with van der Waals surface area (Å²) in [5.74, 6) is 0. The fourth-order valence-corrected chi connectivity index (χ4v) is 0.709. The lowest BCUT2D eigenvalue weighted by molar-refractivity contribution is 1.31. The third kappa shape index (κ3) is 0.672. The van der Waals surface area contributed by atoms with Crippen LogP contribution in [0, 0.1) is 0 Å². The van der Waals surface area contributed by atoms with Crippen molar-refractivity contribution in [2.75, 3.05) is 0 Å². The highest BCUT2D eigenvalue weighted by Gasteiger charge is 2.00. The van der Waals surface area contributed by atoms with E-state index in [1.54, 1.807) is 0 Å². The molecule has 0 atom stereocenters. The Bertz CT molecular complexity index is 515. The van der Waals surface area contributed by atoms with E-state index >= 15 is 0 Å². The molecular weight excluding hydrogens is 108 g/mol. The van der Waals surface area contributed by atoms with E-state index in [0.717, 1.165) is 6.08 Å². The maximum atomic E-state index is 7.64. The monoisotopic (exact) mass is 123 g/mol. The Kier molecular flexibility index (Phi) is 0.291. The summed E-state index contributed by atoms with van der Waals surface area (Å²) >= 11 is 0. The van der Waals surface area contributed by atoms with E-state index in [4.69, 9.17) is 9.60 Å². The second kappa shape index (κ2) is 1.73. The van der Waals surface area contributed by atoms with Crippen molar-refractivity contribution in [2.45, 2.75) is 6.37 Å². The summed E-state index contributed by atoms with van der Waals surface area (Å²) in [6, 6.07) is -1.89. The molecule has 0 saturated carbocycles. The first-order valence-electron chi connectivity index (χ1n) is 6.08. The summed E-state index contributed by atoms with van der Waals surface area (Å²) in [6.07, 6.45) is -0.973. The normalized spacial score (nSPS) is 31.6. The van der Waals surface area contributed by atoms with Crippen molar-refractivity contribution in [3.8, 4) is 0 Å². The Balaban J connectivity index is 2.89. The molecule has 0 aromatic heterocycles. The molecule has 44 valence electrons. The van der Waals surface area contributed by atoms with E-state index in [0.29, 0.717) is 0 Å². The molecule has 0 N–H and O–H groups in total. The van der Waals surface area contributed by atoms with Crippen molar-refractivity contribution in [3.63, 3.8) is 0 Å². The Labute approximate surface area is 64.7 Å². The van der Waals surface area contributed by atoms with Gasteiger partial charge in [0.1, 0.15) is 0 Å². The standard InChI is InChI=1S/C9H8/c1-2-5-9-7-3-6-8(9)4-1/h1-6H,7H2/i1D,2D,3D,4D,5D,7D2. The van der Waals surface area contributed by atoms with Crippen molar-refractivity contribution in [1.82, 2.24) is 0 Å². The van der Waals surface area contributed by atoms with Gasteiger partial charge >= 0.3 is 0 Å². The molecule has 0 heterocycles. The SMILES string of the molecule is [2H]C1=Cc2c([2H])c([2H])c([2H])c([2H])c2C1([2H])[2H]. The molecule has 0 radical (unpaired) electrons. The average Bonchev–Trinajstić information content (AvgIpc) is 2.45. The molecule has 0 fully saturated rings. The van der Waals surface area contributed by atoms with Crippen molar-refractivity contribution in [3.05, 3.63) is 41.3 Å². The van der Waals surface area contributed by atoms with Crippen LogP contribution in [0.1, 0.15) is 20.7 Å². The van der Waals surface area contributed by atoms with Crippen molar-refractivity contribution in [2.24, 2.45) is 0 Å². The third-order valence-electron chi connectivity index (χ3n) is 1.13. The molecule has 0 unspecified atom stereocenters. The molecule has 9 heavy (non-hydrogen) atoms. The van der Waals surface area contributed by atoms with Crippen LogP contribution in [0.2, 0.25) is 0 Å². The van der Waals surface area contributed by atoms with Crippen molar-refractivity contribution < 1.29 is 9.60 Å². The fraction of sp³-hybridized carbons (Fsp3) is 0.111. The van der Waals surface area contributed by atoms with Gasteiger partial charge in [0.25, 0.3) is 0 Å². The number of benzene rings is 1. The van der Waals surface area contributed by atoms with Gasteiger partial charge in [-0.25, -0.2) is 0 Å². The Morgan fingerprint density at radius 1 is 1.44 bits per heavy atom. The topological polar surface area (TPSA) is 0 Å². The quantitative estimate of drug-likeness (QED) is 0.496. The second-order valence-electron chi connectivity index (χ2n) is 1.70. The van der Waals surface area contributed by atoms with Crippen LogP contribution in [0.4, 0.5) is 0 Å². The van der Waals surface area contributed by atoms with Crippen LogP contribution in [0.5, 0.6) is 0 Å². The zero-order valence-corrected chi connectivity index (χ0v) is 4.58. The number of allylic oxidation sites excluding steroid dienone is 1. The Morgan fingerprint density at radius 2 is 2.33 bits per heavy atom. The van der Waals surface area contributed by atoms with Gasteiger partial charge in [-0.05, 0) is 17.5 Å². The van der Waals surface area contributed by atoms with E-state index in [-0.39, 0.29) is 23.2 Å². The van der Waals surface area contributed by atoms with E-state index in [1.807, 2.05) is 0 Å². The first-order chi connectivity index (χ1) is 7.28. The molecule has 0 aliphatic heterocycles. The molecule has 0 saturated heterocycles. The largest absolute Gasteiger partial charge is 0.0795 e. The van der Waals surface area contributed by atoms with Crippen LogP contribution >= 0.6 is 0 Å². The van der Waals surface area contributed by atoms with Crippen LogP contribution < -0.4 is 0 Å². The Hall–Kier alpha value is -1.04. The summed E-state index contributed by atoms with van der Waals surface area (Å²) in [4.78, 5) is 0. The predicted octanol–water partition coefficient (Wildman–Crippen LogP) is 2.26. The lowest BCUT2D eigenvalue weighted by atomic mass is 10.1. The molecule has 0 spiro atoms. The summed E-state index contributed by atoms with van der Waals surface area (Å²) in [5.41, 5.74) is -0.0514. The van der Waals surface area contributed by atoms with Crippen molar-refractivity contribution in [1.29, 1.82) is 0 Å².